The molecule has 2 amide bonds. The monoisotopic (exact) mass is 513 g/mol. The standard InChI is InChI=1S/C24H31N7O4S/c1-3-31(30-11-9-29(2)10-12-30)22(33)19-14-36-24(27-19)28-21(32)15-6-7-18-17(13-15)16(5-4-8-25)20(26-18)23(34)35/h6-7,13-14,26H,3-5,8-12,25H2,1-2H3,(H,34,35)(H,27,28,32). The van der Waals surface area contributed by atoms with E-state index < -0.39 is 5.97 Å². The third kappa shape index (κ3) is 5.41. The average Bonchev–Trinajstić information content (AvgIpc) is 3.48. The number of thiazole rings is 1. The summed E-state index contributed by atoms with van der Waals surface area (Å²) in [5, 5.41) is 18.7. The SMILES string of the molecule is CCN(C(=O)c1csc(NC(=O)c2ccc3[nH]c(C(=O)O)c(CCCN)c3c2)n1)N1CCN(C)CC1. The van der Waals surface area contributed by atoms with Crippen LogP contribution in [0.4, 0.5) is 5.13 Å². The van der Waals surface area contributed by atoms with Gasteiger partial charge in [-0.3, -0.25) is 19.9 Å². The maximum absolute atomic E-state index is 13.1. The summed E-state index contributed by atoms with van der Waals surface area (Å²) >= 11 is 1.19. The van der Waals surface area contributed by atoms with Gasteiger partial charge >= 0.3 is 5.97 Å². The highest BCUT2D eigenvalue weighted by Crippen LogP contribution is 2.26. The third-order valence-corrected chi connectivity index (χ3v) is 7.07. The number of carboxylic acid groups (broad SMARTS) is 1. The molecule has 3 aromatic rings. The van der Waals surface area contributed by atoms with Gasteiger partial charge in [0, 0.05) is 54.6 Å². The minimum atomic E-state index is -1.05. The van der Waals surface area contributed by atoms with E-state index in [1.807, 2.05) is 11.9 Å². The number of benzene rings is 1. The molecule has 1 aromatic carbocycles. The van der Waals surface area contributed by atoms with Crippen molar-refractivity contribution >= 4 is 45.2 Å². The molecule has 12 heteroatoms. The smallest absolute Gasteiger partial charge is 0.352 e. The number of carboxylic acids is 1. The number of aryl methyl sites for hydroxylation is 1. The number of anilines is 1. The normalized spacial score (nSPS) is 14.8. The van der Waals surface area contributed by atoms with Gasteiger partial charge in [0.25, 0.3) is 11.8 Å². The topological polar surface area (TPSA) is 148 Å². The molecule has 11 nitrogen and oxygen atoms in total. The number of likely N-dealkylation sites (N-methyl/N-ethyl adjacent to an activating group) is 1. The molecule has 0 unspecified atom stereocenters. The fourth-order valence-electron chi connectivity index (χ4n) is 4.35. The Morgan fingerprint density at radius 1 is 1.25 bits per heavy atom. The van der Waals surface area contributed by atoms with Crippen molar-refractivity contribution in [3.63, 3.8) is 0 Å². The van der Waals surface area contributed by atoms with Crippen LogP contribution in [0, 0.1) is 0 Å². The number of nitrogens with zero attached hydrogens (tertiary/aromatic N) is 4. The highest BCUT2D eigenvalue weighted by molar-refractivity contribution is 7.14. The molecule has 1 saturated heterocycles. The third-order valence-electron chi connectivity index (χ3n) is 6.31. The summed E-state index contributed by atoms with van der Waals surface area (Å²) in [5.41, 5.74) is 7.65. The van der Waals surface area contributed by atoms with Crippen LogP contribution in [-0.2, 0) is 6.42 Å². The lowest BCUT2D eigenvalue weighted by molar-refractivity contribution is -0.0311. The lowest BCUT2D eigenvalue weighted by Gasteiger charge is -2.39. The number of hydrogen-bond donors (Lipinski definition) is 4. The van der Waals surface area contributed by atoms with Gasteiger partial charge < -0.3 is 20.7 Å². The van der Waals surface area contributed by atoms with Gasteiger partial charge in [-0.25, -0.2) is 14.8 Å². The molecular weight excluding hydrogens is 482 g/mol. The number of H-pyrrole nitrogens is 1. The number of aromatic amines is 1. The van der Waals surface area contributed by atoms with E-state index in [4.69, 9.17) is 5.73 Å². The van der Waals surface area contributed by atoms with Gasteiger partial charge in [-0.15, -0.1) is 11.3 Å². The van der Waals surface area contributed by atoms with Crippen molar-refractivity contribution in [2.75, 3.05) is 51.6 Å². The molecule has 0 radical (unpaired) electrons. The van der Waals surface area contributed by atoms with Crippen LogP contribution in [-0.4, -0.2) is 94.1 Å². The summed E-state index contributed by atoms with van der Waals surface area (Å²) in [4.78, 5) is 47.2. The van der Waals surface area contributed by atoms with Gasteiger partial charge in [-0.05, 0) is 57.1 Å². The molecule has 3 heterocycles. The Morgan fingerprint density at radius 2 is 2.00 bits per heavy atom. The van der Waals surface area contributed by atoms with Crippen molar-refractivity contribution in [1.82, 2.24) is 24.9 Å². The van der Waals surface area contributed by atoms with Crippen molar-refractivity contribution in [2.45, 2.75) is 19.8 Å². The van der Waals surface area contributed by atoms with Crippen LogP contribution in [0.1, 0.15) is 50.2 Å². The highest BCUT2D eigenvalue weighted by atomic mass is 32.1. The molecule has 1 aliphatic heterocycles. The second kappa shape index (κ2) is 11.2. The van der Waals surface area contributed by atoms with Crippen LogP contribution in [0.2, 0.25) is 0 Å². The van der Waals surface area contributed by atoms with Gasteiger partial charge in [-0.2, -0.15) is 0 Å². The molecule has 5 N–H and O–H groups in total. The first-order valence-electron chi connectivity index (χ1n) is 11.9. The number of nitrogens with one attached hydrogen (secondary N) is 2. The Bertz CT molecular complexity index is 1260. The minimum Gasteiger partial charge on any atom is -0.477 e. The number of amides is 2. The van der Waals surface area contributed by atoms with Crippen LogP contribution < -0.4 is 11.1 Å². The number of carbonyl (C=O) groups excluding carboxylic acids is 2. The first-order chi connectivity index (χ1) is 17.3. The van der Waals surface area contributed by atoms with E-state index in [1.54, 1.807) is 28.6 Å². The molecule has 4 rings (SSSR count). The highest BCUT2D eigenvalue weighted by Gasteiger charge is 2.26. The summed E-state index contributed by atoms with van der Waals surface area (Å²) in [5.74, 6) is -1.64. The second-order valence-corrected chi connectivity index (χ2v) is 9.56. The van der Waals surface area contributed by atoms with Crippen molar-refractivity contribution in [2.24, 2.45) is 5.73 Å². The number of piperazine rings is 1. The minimum absolute atomic E-state index is 0.111. The zero-order chi connectivity index (χ0) is 25.8. The number of carbonyl (C=O) groups is 3. The molecule has 0 spiro atoms. The number of hydrazine groups is 1. The molecule has 0 aliphatic carbocycles. The van der Waals surface area contributed by atoms with Crippen molar-refractivity contribution in [3.05, 3.63) is 46.1 Å². The summed E-state index contributed by atoms with van der Waals surface area (Å²) in [7, 11) is 2.06. The Morgan fingerprint density at radius 3 is 2.67 bits per heavy atom. The molecule has 1 fully saturated rings. The lowest BCUT2D eigenvalue weighted by Crippen LogP contribution is -2.54. The molecule has 0 saturated carbocycles. The van der Waals surface area contributed by atoms with Gasteiger partial charge in [0.05, 0.1) is 0 Å². The number of aromatic carboxylic acids is 1. The predicted molar refractivity (Wildman–Crippen MR) is 138 cm³/mol. The van der Waals surface area contributed by atoms with Crippen LogP contribution in [0.3, 0.4) is 0 Å². The zero-order valence-corrected chi connectivity index (χ0v) is 21.2. The maximum atomic E-state index is 13.1. The van der Waals surface area contributed by atoms with E-state index in [0.717, 1.165) is 26.2 Å². The van der Waals surface area contributed by atoms with Crippen molar-refractivity contribution < 1.29 is 19.5 Å². The molecule has 0 bridgehead atoms. The molecule has 36 heavy (non-hydrogen) atoms. The van der Waals surface area contributed by atoms with E-state index in [1.165, 1.54) is 11.3 Å². The molecular formula is C24H31N7O4S. The second-order valence-electron chi connectivity index (χ2n) is 8.71. The number of aromatic nitrogens is 2. The molecule has 0 atom stereocenters. The summed E-state index contributed by atoms with van der Waals surface area (Å²) in [6.07, 6.45) is 1.12. The Balaban J connectivity index is 1.50. The van der Waals surface area contributed by atoms with Crippen molar-refractivity contribution in [1.29, 1.82) is 0 Å². The molecule has 2 aromatic heterocycles. The summed E-state index contributed by atoms with van der Waals surface area (Å²) in [6, 6.07) is 4.98. The first-order valence-corrected chi connectivity index (χ1v) is 12.8. The predicted octanol–water partition coefficient (Wildman–Crippen LogP) is 2.09. The lowest BCUT2D eigenvalue weighted by atomic mass is 10.0. The largest absolute Gasteiger partial charge is 0.477 e. The molecule has 1 aliphatic rings. The van der Waals surface area contributed by atoms with Crippen LogP contribution in [0.25, 0.3) is 10.9 Å². The number of hydrogen-bond acceptors (Lipinski definition) is 8. The van der Waals surface area contributed by atoms with E-state index >= 15 is 0 Å². The van der Waals surface area contributed by atoms with E-state index in [2.05, 4.69) is 27.2 Å². The van der Waals surface area contributed by atoms with E-state index in [-0.39, 0.29) is 23.2 Å². The molecule has 192 valence electrons. The summed E-state index contributed by atoms with van der Waals surface area (Å²) < 4.78 is 0. The van der Waals surface area contributed by atoms with Crippen LogP contribution in [0.15, 0.2) is 23.6 Å². The van der Waals surface area contributed by atoms with Gasteiger partial charge in [0.15, 0.2) is 5.13 Å². The summed E-state index contributed by atoms with van der Waals surface area (Å²) in [6.45, 7) is 6.19. The number of nitrogens with two attached hydrogens (primary N) is 1. The van der Waals surface area contributed by atoms with Crippen LogP contribution >= 0.6 is 11.3 Å². The van der Waals surface area contributed by atoms with E-state index in [0.29, 0.717) is 53.1 Å². The number of fused-ring (bicyclic) bond motifs is 1. The van der Waals surface area contributed by atoms with Gasteiger partial charge in [-0.1, -0.05) is 0 Å². The Kier molecular flexibility index (Phi) is 7.99. The van der Waals surface area contributed by atoms with Gasteiger partial charge in [0.1, 0.15) is 11.4 Å². The van der Waals surface area contributed by atoms with Crippen molar-refractivity contribution in [3.8, 4) is 0 Å². The Labute approximate surface area is 212 Å². The number of rotatable bonds is 9. The fourth-order valence-corrected chi connectivity index (χ4v) is 5.03. The maximum Gasteiger partial charge on any atom is 0.352 e. The zero-order valence-electron chi connectivity index (χ0n) is 20.4. The van der Waals surface area contributed by atoms with Crippen LogP contribution in [0.5, 0.6) is 0 Å². The van der Waals surface area contributed by atoms with Gasteiger partial charge in [0.2, 0.25) is 0 Å². The first kappa shape index (κ1) is 25.8. The average molecular weight is 514 g/mol. The fraction of sp³-hybridized carbons (Fsp3) is 0.417. The Hall–Kier alpha value is -3.32. The van der Waals surface area contributed by atoms with E-state index in [9.17, 15) is 19.5 Å². The quantitative estimate of drug-likeness (QED) is 0.340.